The Morgan fingerprint density at radius 1 is 1.21 bits per heavy atom. The first kappa shape index (κ1) is 20.3. The second-order valence-corrected chi connectivity index (χ2v) is 8.52. The molecule has 7 heteroatoms. The maximum absolute atomic E-state index is 12.9. The molecule has 0 aliphatic heterocycles. The molecule has 3 aromatic rings. The van der Waals surface area contributed by atoms with Crippen LogP contribution in [0.25, 0.3) is 16.9 Å². The van der Waals surface area contributed by atoms with Crippen molar-refractivity contribution in [3.8, 4) is 11.3 Å². The smallest absolute Gasteiger partial charge is 0.270 e. The fourth-order valence-corrected chi connectivity index (χ4v) is 3.03. The molecular formula is C21H26ClN5O. The fourth-order valence-electron chi connectivity index (χ4n) is 2.79. The number of hydrogen-bond donors (Lipinski definition) is 1. The van der Waals surface area contributed by atoms with Crippen molar-refractivity contribution in [3.05, 3.63) is 52.8 Å². The highest BCUT2D eigenvalue weighted by Gasteiger charge is 2.22. The average molecular weight is 400 g/mol. The third-order valence-electron chi connectivity index (χ3n) is 4.42. The van der Waals surface area contributed by atoms with Crippen LogP contribution in [0.5, 0.6) is 0 Å². The van der Waals surface area contributed by atoms with E-state index >= 15 is 0 Å². The summed E-state index contributed by atoms with van der Waals surface area (Å²) in [6.07, 6.45) is 0. The van der Waals surface area contributed by atoms with Crippen molar-refractivity contribution in [1.29, 1.82) is 0 Å². The highest BCUT2D eigenvalue weighted by atomic mass is 35.5. The van der Waals surface area contributed by atoms with Gasteiger partial charge in [-0.15, -0.1) is 0 Å². The Labute approximate surface area is 170 Å². The van der Waals surface area contributed by atoms with Crippen molar-refractivity contribution in [3.63, 3.8) is 0 Å². The zero-order chi connectivity index (χ0) is 20.5. The minimum atomic E-state index is -0.189. The quantitative estimate of drug-likeness (QED) is 0.711. The van der Waals surface area contributed by atoms with Crippen molar-refractivity contribution in [2.45, 2.75) is 26.2 Å². The number of hydrogen-bond acceptors (Lipinski definition) is 4. The first-order valence-electron chi connectivity index (χ1n) is 9.26. The standard InChI is InChI=1S/C21H26ClN5O/c1-21(2,3)18-13-19-24-16(14-8-6-7-9-15(14)22)12-17(27(19)25-18)20(28)23-10-11-26(4)5/h6-9,12-13H,10-11H2,1-5H3,(H,23,28). The highest BCUT2D eigenvalue weighted by Crippen LogP contribution is 2.29. The van der Waals surface area contributed by atoms with Crippen LogP contribution in [0, 0.1) is 0 Å². The van der Waals surface area contributed by atoms with E-state index in [1.54, 1.807) is 10.6 Å². The lowest BCUT2D eigenvalue weighted by molar-refractivity contribution is 0.0943. The molecule has 0 radical (unpaired) electrons. The molecule has 3 rings (SSSR count). The molecule has 148 valence electrons. The van der Waals surface area contributed by atoms with Gasteiger partial charge in [-0.05, 0) is 26.2 Å². The predicted molar refractivity (Wildman–Crippen MR) is 113 cm³/mol. The van der Waals surface area contributed by atoms with Crippen LogP contribution >= 0.6 is 11.6 Å². The van der Waals surface area contributed by atoms with E-state index in [-0.39, 0.29) is 11.3 Å². The maximum atomic E-state index is 12.9. The molecule has 0 aliphatic rings. The van der Waals surface area contributed by atoms with Crippen LogP contribution in [-0.4, -0.2) is 52.6 Å². The summed E-state index contributed by atoms with van der Waals surface area (Å²) in [4.78, 5) is 19.7. The third-order valence-corrected chi connectivity index (χ3v) is 4.75. The molecule has 0 saturated heterocycles. The van der Waals surface area contributed by atoms with Crippen LogP contribution in [0.2, 0.25) is 5.02 Å². The number of benzene rings is 1. The fraction of sp³-hybridized carbons (Fsp3) is 0.381. The van der Waals surface area contributed by atoms with E-state index in [4.69, 9.17) is 16.6 Å². The number of likely N-dealkylation sites (N-methyl/N-ethyl adjacent to an activating group) is 1. The van der Waals surface area contributed by atoms with Gasteiger partial charge >= 0.3 is 0 Å². The Kier molecular flexibility index (Phi) is 5.72. The van der Waals surface area contributed by atoms with Crippen molar-refractivity contribution < 1.29 is 4.79 Å². The summed E-state index contributed by atoms with van der Waals surface area (Å²) < 4.78 is 1.62. The number of carbonyl (C=O) groups excluding carboxylic acids is 1. The second-order valence-electron chi connectivity index (χ2n) is 8.12. The molecule has 0 unspecified atom stereocenters. The molecule has 28 heavy (non-hydrogen) atoms. The van der Waals surface area contributed by atoms with Crippen LogP contribution < -0.4 is 5.32 Å². The van der Waals surface area contributed by atoms with Gasteiger partial charge in [-0.3, -0.25) is 4.79 Å². The number of fused-ring (bicyclic) bond motifs is 1. The van der Waals surface area contributed by atoms with Gasteiger partial charge in [0.25, 0.3) is 5.91 Å². The van der Waals surface area contributed by atoms with E-state index in [1.807, 2.05) is 49.3 Å². The van der Waals surface area contributed by atoms with Crippen molar-refractivity contribution in [2.24, 2.45) is 0 Å². The minimum Gasteiger partial charge on any atom is -0.349 e. The minimum absolute atomic E-state index is 0.156. The lowest BCUT2D eigenvalue weighted by Gasteiger charge is -2.14. The Morgan fingerprint density at radius 3 is 2.57 bits per heavy atom. The number of carbonyl (C=O) groups is 1. The van der Waals surface area contributed by atoms with Gasteiger partial charge < -0.3 is 10.2 Å². The molecule has 0 aliphatic carbocycles. The van der Waals surface area contributed by atoms with E-state index in [1.165, 1.54) is 0 Å². The third kappa shape index (κ3) is 4.34. The number of halogens is 1. The Bertz CT molecular complexity index is 1000. The monoisotopic (exact) mass is 399 g/mol. The SMILES string of the molecule is CN(C)CCNC(=O)c1cc(-c2ccccc2Cl)nc2cc(C(C)(C)C)nn12. The predicted octanol–water partition coefficient (Wildman–Crippen LogP) is 3.64. The van der Waals surface area contributed by atoms with Gasteiger partial charge in [0.2, 0.25) is 0 Å². The number of amides is 1. The molecule has 2 heterocycles. The van der Waals surface area contributed by atoms with Gasteiger partial charge in [0.05, 0.1) is 11.4 Å². The van der Waals surface area contributed by atoms with Crippen LogP contribution in [0.1, 0.15) is 37.0 Å². The second kappa shape index (κ2) is 7.89. The molecule has 0 fully saturated rings. The lowest BCUT2D eigenvalue weighted by atomic mass is 9.93. The number of nitrogens with one attached hydrogen (secondary N) is 1. The average Bonchev–Trinajstić information content (AvgIpc) is 3.05. The molecular weight excluding hydrogens is 374 g/mol. The first-order valence-corrected chi connectivity index (χ1v) is 9.64. The van der Waals surface area contributed by atoms with Gasteiger partial charge in [0.1, 0.15) is 5.69 Å². The molecule has 2 aromatic heterocycles. The maximum Gasteiger partial charge on any atom is 0.270 e. The number of aromatic nitrogens is 3. The summed E-state index contributed by atoms with van der Waals surface area (Å²) in [5.74, 6) is -0.189. The zero-order valence-electron chi connectivity index (χ0n) is 17.0. The molecule has 0 atom stereocenters. The Morgan fingerprint density at radius 2 is 1.93 bits per heavy atom. The molecule has 0 bridgehead atoms. The lowest BCUT2D eigenvalue weighted by Crippen LogP contribution is -2.32. The van der Waals surface area contributed by atoms with E-state index in [0.717, 1.165) is 17.8 Å². The summed E-state index contributed by atoms with van der Waals surface area (Å²) in [5, 5.41) is 8.21. The highest BCUT2D eigenvalue weighted by molar-refractivity contribution is 6.33. The Balaban J connectivity index is 2.11. The van der Waals surface area contributed by atoms with Crippen molar-refractivity contribution in [2.75, 3.05) is 27.2 Å². The van der Waals surface area contributed by atoms with Crippen molar-refractivity contribution in [1.82, 2.24) is 24.8 Å². The van der Waals surface area contributed by atoms with Crippen LogP contribution in [0.15, 0.2) is 36.4 Å². The van der Waals surface area contributed by atoms with Crippen LogP contribution in [0.3, 0.4) is 0 Å². The van der Waals surface area contributed by atoms with E-state index in [9.17, 15) is 4.79 Å². The van der Waals surface area contributed by atoms with Gasteiger partial charge in [-0.1, -0.05) is 50.6 Å². The van der Waals surface area contributed by atoms with E-state index < -0.39 is 0 Å². The van der Waals surface area contributed by atoms with Gasteiger partial charge in [-0.2, -0.15) is 5.10 Å². The largest absolute Gasteiger partial charge is 0.349 e. The summed E-state index contributed by atoms with van der Waals surface area (Å²) in [6.45, 7) is 7.55. The summed E-state index contributed by atoms with van der Waals surface area (Å²) in [7, 11) is 3.94. The number of rotatable bonds is 5. The summed E-state index contributed by atoms with van der Waals surface area (Å²) >= 11 is 6.37. The molecule has 1 N–H and O–H groups in total. The molecule has 1 amide bonds. The molecule has 1 aromatic carbocycles. The molecule has 0 saturated carbocycles. The van der Waals surface area contributed by atoms with Gasteiger partial charge in [0.15, 0.2) is 5.65 Å². The summed E-state index contributed by atoms with van der Waals surface area (Å²) in [5.41, 5.74) is 3.22. The molecule has 0 spiro atoms. The van der Waals surface area contributed by atoms with Gasteiger partial charge in [-0.25, -0.2) is 9.50 Å². The van der Waals surface area contributed by atoms with Crippen LogP contribution in [0.4, 0.5) is 0 Å². The van der Waals surface area contributed by atoms with E-state index in [2.05, 4.69) is 31.2 Å². The topological polar surface area (TPSA) is 62.5 Å². The Hall–Kier alpha value is -2.44. The van der Waals surface area contributed by atoms with Crippen LogP contribution in [-0.2, 0) is 5.41 Å². The number of nitrogens with zero attached hydrogens (tertiary/aromatic N) is 4. The van der Waals surface area contributed by atoms with Gasteiger partial charge in [0, 0.05) is 35.2 Å². The molecule has 6 nitrogen and oxygen atoms in total. The zero-order valence-corrected chi connectivity index (χ0v) is 17.7. The van der Waals surface area contributed by atoms with Crippen molar-refractivity contribution >= 4 is 23.2 Å². The summed E-state index contributed by atoms with van der Waals surface area (Å²) in [6, 6.07) is 11.2. The van der Waals surface area contributed by atoms with E-state index in [0.29, 0.717) is 28.6 Å². The first-order chi connectivity index (χ1) is 13.2. The normalized spacial score (nSPS) is 12.0.